The molecule has 0 saturated carbocycles. The van der Waals surface area contributed by atoms with Crippen molar-refractivity contribution in [3.63, 3.8) is 0 Å². The van der Waals surface area contributed by atoms with Gasteiger partial charge in [-0.3, -0.25) is 9.48 Å². The fourth-order valence-corrected chi connectivity index (χ4v) is 2.43. The Labute approximate surface area is 162 Å². The van der Waals surface area contributed by atoms with Gasteiger partial charge in [-0.05, 0) is 17.7 Å². The molecular weight excluding hydrogens is 394 g/mol. The number of nitrogens with one attached hydrogen (secondary N) is 1. The van der Waals surface area contributed by atoms with Crippen LogP contribution in [0.5, 0.6) is 5.88 Å². The maximum absolute atomic E-state index is 14.0. The molecule has 3 heterocycles. The Morgan fingerprint density at radius 1 is 1.31 bits per heavy atom. The summed E-state index contributed by atoms with van der Waals surface area (Å²) in [7, 11) is 0. The number of carbonyl (C=O) groups is 1. The standard InChI is InChI=1S/C18H17F4N5O2/c1-10(2)16(28)25-15-12-8-27(26-14(12)3-4-23-15)7-11-5-13(19)17(24-6-11)29-9-18(20,21)22/h3-6,8,10H,7,9H2,1-2H3,(H,23,25,28). The maximum atomic E-state index is 14.0. The number of halogens is 4. The molecule has 0 aliphatic heterocycles. The summed E-state index contributed by atoms with van der Waals surface area (Å²) in [5.74, 6) is -1.80. The molecule has 11 heteroatoms. The molecule has 0 aliphatic rings. The molecule has 0 unspecified atom stereocenters. The van der Waals surface area contributed by atoms with E-state index in [-0.39, 0.29) is 18.4 Å². The van der Waals surface area contributed by atoms with Crippen molar-refractivity contribution in [3.8, 4) is 5.88 Å². The van der Waals surface area contributed by atoms with Crippen LogP contribution < -0.4 is 10.1 Å². The summed E-state index contributed by atoms with van der Waals surface area (Å²) in [6.07, 6.45) is -0.243. The molecule has 3 rings (SSSR count). The first-order valence-electron chi connectivity index (χ1n) is 8.59. The fraction of sp³-hybridized carbons (Fsp3) is 0.333. The third-order valence-electron chi connectivity index (χ3n) is 3.83. The van der Waals surface area contributed by atoms with E-state index in [4.69, 9.17) is 0 Å². The molecule has 3 aromatic heterocycles. The van der Waals surface area contributed by atoms with E-state index >= 15 is 0 Å². The summed E-state index contributed by atoms with van der Waals surface area (Å²) in [5.41, 5.74) is 0.938. The lowest BCUT2D eigenvalue weighted by Crippen LogP contribution is -2.20. The van der Waals surface area contributed by atoms with Gasteiger partial charge in [-0.25, -0.2) is 14.4 Å². The first kappa shape index (κ1) is 20.5. The minimum absolute atomic E-state index is 0.107. The van der Waals surface area contributed by atoms with E-state index in [9.17, 15) is 22.4 Å². The summed E-state index contributed by atoms with van der Waals surface area (Å²) in [5, 5.41) is 7.65. The number of carbonyl (C=O) groups excluding carboxylic acids is 1. The zero-order chi connectivity index (χ0) is 21.2. The molecule has 0 atom stereocenters. The number of fused-ring (bicyclic) bond motifs is 1. The predicted molar refractivity (Wildman–Crippen MR) is 95.8 cm³/mol. The van der Waals surface area contributed by atoms with Crippen molar-refractivity contribution < 1.29 is 27.1 Å². The minimum Gasteiger partial charge on any atom is -0.466 e. The first-order valence-corrected chi connectivity index (χ1v) is 8.59. The summed E-state index contributed by atoms with van der Waals surface area (Å²) in [4.78, 5) is 19.7. The van der Waals surface area contributed by atoms with E-state index in [1.165, 1.54) is 17.1 Å². The summed E-state index contributed by atoms with van der Waals surface area (Å²) in [6, 6.07) is 2.69. The Morgan fingerprint density at radius 3 is 2.72 bits per heavy atom. The summed E-state index contributed by atoms with van der Waals surface area (Å²) < 4.78 is 56.3. The van der Waals surface area contributed by atoms with Gasteiger partial charge in [0.05, 0.1) is 17.4 Å². The van der Waals surface area contributed by atoms with E-state index in [1.54, 1.807) is 26.1 Å². The van der Waals surface area contributed by atoms with Gasteiger partial charge in [-0.2, -0.15) is 18.3 Å². The molecule has 0 spiro atoms. The van der Waals surface area contributed by atoms with E-state index in [0.717, 1.165) is 6.07 Å². The van der Waals surface area contributed by atoms with Gasteiger partial charge < -0.3 is 10.1 Å². The van der Waals surface area contributed by atoms with E-state index < -0.39 is 24.5 Å². The Hall–Kier alpha value is -3.24. The Balaban J connectivity index is 1.78. The van der Waals surface area contributed by atoms with Crippen molar-refractivity contribution in [3.05, 3.63) is 42.1 Å². The molecule has 0 bridgehead atoms. The lowest BCUT2D eigenvalue weighted by atomic mass is 10.2. The predicted octanol–water partition coefficient (Wildman–Crippen LogP) is 3.55. The van der Waals surface area contributed by atoms with Crippen LogP contribution in [0.15, 0.2) is 30.7 Å². The highest BCUT2D eigenvalue weighted by Crippen LogP contribution is 2.22. The van der Waals surface area contributed by atoms with Crippen molar-refractivity contribution in [1.29, 1.82) is 0 Å². The summed E-state index contributed by atoms with van der Waals surface area (Å²) in [6.45, 7) is 1.99. The molecule has 0 radical (unpaired) electrons. The lowest BCUT2D eigenvalue weighted by molar-refractivity contribution is -0.154. The fourth-order valence-electron chi connectivity index (χ4n) is 2.43. The number of ether oxygens (including phenoxy) is 1. The van der Waals surface area contributed by atoms with Gasteiger partial charge in [0.25, 0.3) is 5.88 Å². The Bertz CT molecular complexity index is 1030. The largest absolute Gasteiger partial charge is 0.466 e. The number of amides is 1. The van der Waals surface area contributed by atoms with Gasteiger partial charge in [-0.15, -0.1) is 0 Å². The molecule has 0 aromatic carbocycles. The van der Waals surface area contributed by atoms with Crippen LogP contribution in [-0.2, 0) is 11.3 Å². The van der Waals surface area contributed by atoms with Crippen molar-refractivity contribution in [2.75, 3.05) is 11.9 Å². The highest BCUT2D eigenvalue weighted by Gasteiger charge is 2.29. The first-order chi connectivity index (χ1) is 13.6. The van der Waals surface area contributed by atoms with Crippen molar-refractivity contribution in [2.24, 2.45) is 5.92 Å². The van der Waals surface area contributed by atoms with Crippen molar-refractivity contribution in [1.82, 2.24) is 19.7 Å². The van der Waals surface area contributed by atoms with Gasteiger partial charge in [0.2, 0.25) is 5.91 Å². The second-order valence-electron chi connectivity index (χ2n) is 6.60. The second-order valence-corrected chi connectivity index (χ2v) is 6.60. The molecule has 1 N–H and O–H groups in total. The lowest BCUT2D eigenvalue weighted by Gasteiger charge is -2.09. The SMILES string of the molecule is CC(C)C(=O)Nc1nccc2nn(Cc3cnc(OCC(F)(F)F)c(F)c3)cc12. The van der Waals surface area contributed by atoms with Crippen LogP contribution in [0.2, 0.25) is 0 Å². The van der Waals surface area contributed by atoms with Crippen LogP contribution in [0.4, 0.5) is 23.4 Å². The molecule has 0 saturated heterocycles. The number of pyridine rings is 2. The van der Waals surface area contributed by atoms with Crippen LogP contribution in [0.25, 0.3) is 10.9 Å². The monoisotopic (exact) mass is 411 g/mol. The molecule has 0 aliphatic carbocycles. The third-order valence-corrected chi connectivity index (χ3v) is 3.83. The molecular formula is C18H17F4N5O2. The molecule has 3 aromatic rings. The third kappa shape index (κ3) is 5.18. The van der Waals surface area contributed by atoms with Gasteiger partial charge in [0, 0.05) is 24.5 Å². The van der Waals surface area contributed by atoms with E-state index in [2.05, 4.69) is 25.1 Å². The van der Waals surface area contributed by atoms with Crippen LogP contribution in [0.3, 0.4) is 0 Å². The van der Waals surface area contributed by atoms with Crippen LogP contribution >= 0.6 is 0 Å². The van der Waals surface area contributed by atoms with Gasteiger partial charge in [-0.1, -0.05) is 13.8 Å². The Kier molecular flexibility index (Phi) is 5.66. The maximum Gasteiger partial charge on any atom is 0.422 e. The number of anilines is 1. The molecule has 0 fully saturated rings. The highest BCUT2D eigenvalue weighted by molar-refractivity contribution is 5.99. The number of rotatable bonds is 6. The number of aromatic nitrogens is 4. The second kappa shape index (κ2) is 8.02. The quantitative estimate of drug-likeness (QED) is 0.628. The zero-order valence-corrected chi connectivity index (χ0v) is 15.5. The van der Waals surface area contributed by atoms with Crippen molar-refractivity contribution >= 4 is 22.6 Å². The van der Waals surface area contributed by atoms with E-state index in [1.807, 2.05) is 0 Å². The number of hydrogen-bond acceptors (Lipinski definition) is 5. The van der Waals surface area contributed by atoms with Crippen molar-refractivity contribution in [2.45, 2.75) is 26.6 Å². The zero-order valence-electron chi connectivity index (χ0n) is 15.5. The number of nitrogens with zero attached hydrogens (tertiary/aromatic N) is 4. The average molecular weight is 411 g/mol. The summed E-state index contributed by atoms with van der Waals surface area (Å²) >= 11 is 0. The molecule has 7 nitrogen and oxygen atoms in total. The van der Waals surface area contributed by atoms with E-state index in [0.29, 0.717) is 22.3 Å². The van der Waals surface area contributed by atoms with Gasteiger partial charge in [0.1, 0.15) is 5.82 Å². The number of hydrogen-bond donors (Lipinski definition) is 1. The normalized spacial score (nSPS) is 11.8. The molecule has 29 heavy (non-hydrogen) atoms. The van der Waals surface area contributed by atoms with Crippen LogP contribution in [0.1, 0.15) is 19.4 Å². The average Bonchev–Trinajstić information content (AvgIpc) is 3.03. The van der Waals surface area contributed by atoms with Crippen LogP contribution in [0, 0.1) is 11.7 Å². The molecule has 1 amide bonds. The smallest absolute Gasteiger partial charge is 0.422 e. The van der Waals surface area contributed by atoms with Gasteiger partial charge in [0.15, 0.2) is 12.4 Å². The highest BCUT2D eigenvalue weighted by atomic mass is 19.4. The topological polar surface area (TPSA) is 81.9 Å². The van der Waals surface area contributed by atoms with Crippen LogP contribution in [-0.4, -0.2) is 38.4 Å². The van der Waals surface area contributed by atoms with Gasteiger partial charge >= 0.3 is 6.18 Å². The Morgan fingerprint density at radius 2 is 2.07 bits per heavy atom. The number of alkyl halides is 3. The minimum atomic E-state index is -4.58. The molecule has 154 valence electrons.